The lowest BCUT2D eigenvalue weighted by Gasteiger charge is -2.31. The van der Waals surface area contributed by atoms with Gasteiger partial charge in [-0.1, -0.05) is 13.8 Å². The molecule has 2 unspecified atom stereocenters. The highest BCUT2D eigenvalue weighted by Crippen LogP contribution is 2.32. The van der Waals surface area contributed by atoms with Crippen molar-refractivity contribution < 1.29 is 4.74 Å². The van der Waals surface area contributed by atoms with Gasteiger partial charge >= 0.3 is 0 Å². The van der Waals surface area contributed by atoms with Crippen molar-refractivity contribution in [1.82, 2.24) is 15.1 Å². The van der Waals surface area contributed by atoms with E-state index in [1.165, 1.54) is 12.8 Å². The van der Waals surface area contributed by atoms with Crippen LogP contribution in [-0.4, -0.2) is 75.3 Å². The Kier molecular flexibility index (Phi) is 7.70. The maximum absolute atomic E-state index is 5.79. The normalized spacial score (nSPS) is 31.1. The van der Waals surface area contributed by atoms with E-state index in [2.05, 4.69) is 41.0 Å². The predicted octanol–water partition coefficient (Wildman–Crippen LogP) is 1.63. The second-order valence-electron chi connectivity index (χ2n) is 6.52. The first-order valence-electron chi connectivity index (χ1n) is 7.82. The Hall–Kier alpha value is -0.0800. The lowest BCUT2D eigenvalue weighted by Crippen LogP contribution is -2.49. The van der Waals surface area contributed by atoms with Crippen LogP contribution in [0.15, 0.2) is 4.99 Å². The molecule has 124 valence electrons. The van der Waals surface area contributed by atoms with Crippen molar-refractivity contribution in [2.24, 2.45) is 10.4 Å². The van der Waals surface area contributed by atoms with Gasteiger partial charge in [-0.2, -0.15) is 0 Å². The summed E-state index contributed by atoms with van der Waals surface area (Å²) < 4.78 is 5.79. The molecule has 6 heteroatoms. The molecule has 0 aliphatic carbocycles. The number of ether oxygens (including phenoxy) is 1. The molecular formula is C15H31IN4O. The van der Waals surface area contributed by atoms with Gasteiger partial charge in [0.15, 0.2) is 5.96 Å². The Morgan fingerprint density at radius 1 is 1.43 bits per heavy atom. The summed E-state index contributed by atoms with van der Waals surface area (Å²) in [5.41, 5.74) is 0.444. The maximum atomic E-state index is 5.79. The van der Waals surface area contributed by atoms with Crippen molar-refractivity contribution in [3.8, 4) is 0 Å². The van der Waals surface area contributed by atoms with Crippen molar-refractivity contribution in [2.45, 2.75) is 32.8 Å². The molecule has 0 aromatic heterocycles. The highest BCUT2D eigenvalue weighted by Gasteiger charge is 2.33. The summed E-state index contributed by atoms with van der Waals surface area (Å²) >= 11 is 0. The fourth-order valence-electron chi connectivity index (χ4n) is 3.02. The molecule has 0 spiro atoms. The highest BCUT2D eigenvalue weighted by molar-refractivity contribution is 14.0. The van der Waals surface area contributed by atoms with Gasteiger partial charge in [-0.15, -0.1) is 24.0 Å². The first-order chi connectivity index (χ1) is 9.56. The van der Waals surface area contributed by atoms with E-state index in [4.69, 9.17) is 4.74 Å². The quantitative estimate of drug-likeness (QED) is 0.436. The lowest BCUT2D eigenvalue weighted by molar-refractivity contribution is -0.0163. The van der Waals surface area contributed by atoms with Gasteiger partial charge in [-0.05, 0) is 25.3 Å². The van der Waals surface area contributed by atoms with E-state index >= 15 is 0 Å². The molecule has 21 heavy (non-hydrogen) atoms. The van der Waals surface area contributed by atoms with E-state index in [1.807, 2.05) is 7.05 Å². The minimum Gasteiger partial charge on any atom is -0.374 e. The van der Waals surface area contributed by atoms with Crippen LogP contribution in [0.3, 0.4) is 0 Å². The molecule has 0 saturated carbocycles. The van der Waals surface area contributed by atoms with Crippen LogP contribution in [0.5, 0.6) is 0 Å². The van der Waals surface area contributed by atoms with Crippen molar-refractivity contribution in [3.63, 3.8) is 0 Å². The number of nitrogens with zero attached hydrogens (tertiary/aromatic N) is 3. The van der Waals surface area contributed by atoms with E-state index in [9.17, 15) is 0 Å². The summed E-state index contributed by atoms with van der Waals surface area (Å²) in [6.07, 6.45) is 2.76. The van der Waals surface area contributed by atoms with Gasteiger partial charge in [0.25, 0.3) is 0 Å². The second kappa shape index (κ2) is 8.53. The van der Waals surface area contributed by atoms with Crippen LogP contribution in [0.2, 0.25) is 0 Å². The third kappa shape index (κ3) is 5.25. The van der Waals surface area contributed by atoms with Gasteiger partial charge in [0.05, 0.1) is 12.7 Å². The smallest absolute Gasteiger partial charge is 0.193 e. The number of guanidine groups is 1. The van der Waals surface area contributed by atoms with Crippen molar-refractivity contribution in [3.05, 3.63) is 0 Å². The average molecular weight is 410 g/mol. The zero-order valence-corrected chi connectivity index (χ0v) is 16.2. The van der Waals surface area contributed by atoms with Crippen LogP contribution >= 0.6 is 24.0 Å². The zero-order valence-electron chi connectivity index (χ0n) is 13.9. The number of likely N-dealkylation sites (tertiary alicyclic amines) is 1. The van der Waals surface area contributed by atoms with Gasteiger partial charge in [0, 0.05) is 39.8 Å². The summed E-state index contributed by atoms with van der Waals surface area (Å²) in [5, 5.41) is 3.49. The number of hydrogen-bond acceptors (Lipinski definition) is 3. The maximum Gasteiger partial charge on any atom is 0.193 e. The van der Waals surface area contributed by atoms with Crippen molar-refractivity contribution >= 4 is 29.9 Å². The van der Waals surface area contributed by atoms with E-state index in [0.29, 0.717) is 5.41 Å². The molecule has 2 saturated heterocycles. The number of aliphatic imine (C=N–C) groups is 1. The number of likely N-dealkylation sites (N-methyl/N-ethyl adjacent to an activating group) is 1. The molecule has 5 nitrogen and oxygen atoms in total. The molecule has 2 rings (SSSR count). The molecule has 2 aliphatic heterocycles. The average Bonchev–Trinajstić information content (AvgIpc) is 2.83. The topological polar surface area (TPSA) is 40.1 Å². The van der Waals surface area contributed by atoms with Crippen LogP contribution in [0.1, 0.15) is 26.7 Å². The first kappa shape index (κ1) is 19.0. The summed E-state index contributed by atoms with van der Waals surface area (Å²) in [6.45, 7) is 10.6. The van der Waals surface area contributed by atoms with Crippen molar-refractivity contribution in [1.29, 1.82) is 0 Å². The van der Waals surface area contributed by atoms with Gasteiger partial charge < -0.3 is 19.9 Å². The third-order valence-electron chi connectivity index (χ3n) is 4.75. The van der Waals surface area contributed by atoms with Gasteiger partial charge in [-0.3, -0.25) is 4.99 Å². The summed E-state index contributed by atoms with van der Waals surface area (Å²) in [6, 6.07) is 0. The molecule has 2 heterocycles. The van der Waals surface area contributed by atoms with E-state index in [1.54, 1.807) is 0 Å². The fourth-order valence-corrected chi connectivity index (χ4v) is 3.02. The molecular weight excluding hydrogens is 379 g/mol. The van der Waals surface area contributed by atoms with E-state index in [-0.39, 0.29) is 30.1 Å². The van der Waals surface area contributed by atoms with Crippen LogP contribution in [-0.2, 0) is 4.74 Å². The zero-order chi connectivity index (χ0) is 14.6. The molecule has 2 atom stereocenters. The molecule has 1 N–H and O–H groups in total. The summed E-state index contributed by atoms with van der Waals surface area (Å²) in [5.74, 6) is 1.03. The minimum atomic E-state index is 0. The monoisotopic (exact) mass is 410 g/mol. The van der Waals surface area contributed by atoms with Crippen LogP contribution < -0.4 is 5.32 Å². The van der Waals surface area contributed by atoms with Gasteiger partial charge in [0.1, 0.15) is 0 Å². The Morgan fingerprint density at radius 3 is 2.76 bits per heavy atom. The number of nitrogens with one attached hydrogen (secondary N) is 1. The largest absolute Gasteiger partial charge is 0.374 e. The Labute approximate surface area is 146 Å². The standard InChI is InChI=1S/C15H30N4O.HI/c1-5-15(2)6-7-19(12-15)14(16-3)17-10-13-11-18(4)8-9-20-13;/h13H,5-12H2,1-4H3,(H,16,17);1H. The van der Waals surface area contributed by atoms with Gasteiger partial charge in [-0.25, -0.2) is 0 Å². The van der Waals surface area contributed by atoms with Gasteiger partial charge in [0.2, 0.25) is 0 Å². The second-order valence-corrected chi connectivity index (χ2v) is 6.52. The SMILES string of the molecule is CCC1(C)CCN(C(=NC)NCC2CN(C)CCO2)C1.I. The van der Waals surface area contributed by atoms with Crippen molar-refractivity contribution in [2.75, 3.05) is 53.4 Å². The Bertz CT molecular complexity index is 353. The number of morpholine rings is 1. The van der Waals surface area contributed by atoms with Crippen LogP contribution in [0.4, 0.5) is 0 Å². The number of hydrogen-bond donors (Lipinski definition) is 1. The molecule has 0 amide bonds. The summed E-state index contributed by atoms with van der Waals surface area (Å²) in [4.78, 5) is 9.14. The van der Waals surface area contributed by atoms with E-state index < -0.39 is 0 Å². The van der Waals surface area contributed by atoms with E-state index in [0.717, 1.165) is 45.3 Å². The summed E-state index contributed by atoms with van der Waals surface area (Å²) in [7, 11) is 4.02. The number of halogens is 1. The Balaban J connectivity index is 0.00000220. The molecule has 0 aromatic rings. The molecule has 0 bridgehead atoms. The lowest BCUT2D eigenvalue weighted by atomic mass is 9.87. The molecule has 0 radical (unpaired) electrons. The fraction of sp³-hybridized carbons (Fsp3) is 0.933. The molecule has 2 fully saturated rings. The minimum absolute atomic E-state index is 0. The van der Waals surface area contributed by atoms with Crippen LogP contribution in [0, 0.1) is 5.41 Å². The predicted molar refractivity (Wildman–Crippen MR) is 98.6 cm³/mol. The Morgan fingerprint density at radius 2 is 2.19 bits per heavy atom. The van der Waals surface area contributed by atoms with Crippen LogP contribution in [0.25, 0.3) is 0 Å². The third-order valence-corrected chi connectivity index (χ3v) is 4.75. The highest BCUT2D eigenvalue weighted by atomic mass is 127. The number of rotatable bonds is 3. The molecule has 2 aliphatic rings. The molecule has 0 aromatic carbocycles. The first-order valence-corrected chi connectivity index (χ1v) is 7.82.